The molecule has 5 heteroatoms. The van der Waals surface area contributed by atoms with E-state index in [2.05, 4.69) is 0 Å². The zero-order valence-corrected chi connectivity index (χ0v) is 8.98. The molecule has 1 amide bonds. The number of carbonyl (C=O) groups excluding carboxylic acids is 1. The summed E-state index contributed by atoms with van der Waals surface area (Å²) >= 11 is 0. The lowest BCUT2D eigenvalue weighted by Gasteiger charge is -2.27. The van der Waals surface area contributed by atoms with Crippen LogP contribution in [0.25, 0.3) is 0 Å². The number of hydrogen-bond donors (Lipinski definition) is 2. The molecule has 1 heterocycles. The van der Waals surface area contributed by atoms with E-state index < -0.39 is 0 Å². The summed E-state index contributed by atoms with van der Waals surface area (Å²) in [6.45, 7) is 2.41. The summed E-state index contributed by atoms with van der Waals surface area (Å²) in [7, 11) is 0. The highest BCUT2D eigenvalue weighted by atomic mass is 16.5. The first-order chi connectivity index (χ1) is 7.66. The molecule has 0 aliphatic carbocycles. The normalized spacial score (nSPS) is 16.1. The Morgan fingerprint density at radius 3 is 2.25 bits per heavy atom. The largest absolute Gasteiger partial charge is 0.399 e. The second kappa shape index (κ2) is 4.40. The summed E-state index contributed by atoms with van der Waals surface area (Å²) in [5.74, 6) is -0.0395. The van der Waals surface area contributed by atoms with Gasteiger partial charge in [0, 0.05) is 30.0 Å². The molecule has 0 saturated carbocycles. The third-order valence-electron chi connectivity index (χ3n) is 2.52. The molecular weight excluding hydrogens is 206 g/mol. The topological polar surface area (TPSA) is 81.6 Å². The predicted molar refractivity (Wildman–Crippen MR) is 62.0 cm³/mol. The lowest BCUT2D eigenvalue weighted by atomic mass is 10.1. The highest BCUT2D eigenvalue weighted by Gasteiger charge is 2.18. The van der Waals surface area contributed by atoms with Gasteiger partial charge in [-0.15, -0.1) is 0 Å². The molecule has 0 spiro atoms. The van der Waals surface area contributed by atoms with Crippen LogP contribution in [0.2, 0.25) is 0 Å². The van der Waals surface area contributed by atoms with E-state index in [1.807, 2.05) is 0 Å². The summed E-state index contributed by atoms with van der Waals surface area (Å²) in [4.78, 5) is 13.8. The van der Waals surface area contributed by atoms with Gasteiger partial charge in [-0.2, -0.15) is 0 Å². The maximum absolute atomic E-state index is 12.1. The van der Waals surface area contributed by atoms with Gasteiger partial charge in [0.25, 0.3) is 5.91 Å². The summed E-state index contributed by atoms with van der Waals surface area (Å²) in [6.07, 6.45) is 0. The number of nitrogens with two attached hydrogens (primary N) is 2. The number of rotatable bonds is 1. The molecule has 2 rings (SSSR count). The highest BCUT2D eigenvalue weighted by molar-refractivity contribution is 5.96. The van der Waals surface area contributed by atoms with Crippen molar-refractivity contribution in [2.24, 2.45) is 0 Å². The Morgan fingerprint density at radius 1 is 1.12 bits per heavy atom. The van der Waals surface area contributed by atoms with Crippen LogP contribution >= 0.6 is 0 Å². The molecule has 0 radical (unpaired) electrons. The van der Waals surface area contributed by atoms with Gasteiger partial charge < -0.3 is 21.1 Å². The van der Waals surface area contributed by atoms with Crippen molar-refractivity contribution in [3.05, 3.63) is 23.8 Å². The summed E-state index contributed by atoms with van der Waals surface area (Å²) in [5, 5.41) is 0. The Labute approximate surface area is 94.0 Å². The number of amides is 1. The van der Waals surface area contributed by atoms with Gasteiger partial charge in [0.1, 0.15) is 0 Å². The molecule has 0 atom stereocenters. The quantitative estimate of drug-likeness (QED) is 0.669. The minimum atomic E-state index is -0.0395. The number of morpholine rings is 1. The van der Waals surface area contributed by atoms with Crippen LogP contribution in [0.3, 0.4) is 0 Å². The molecule has 0 aromatic heterocycles. The maximum atomic E-state index is 12.1. The van der Waals surface area contributed by atoms with Crippen molar-refractivity contribution in [1.29, 1.82) is 0 Å². The predicted octanol–water partition coefficient (Wildman–Crippen LogP) is 0.323. The van der Waals surface area contributed by atoms with Gasteiger partial charge in [0.05, 0.1) is 13.2 Å². The summed E-state index contributed by atoms with van der Waals surface area (Å²) in [5.41, 5.74) is 12.9. The molecule has 4 N–H and O–H groups in total. The van der Waals surface area contributed by atoms with Crippen molar-refractivity contribution in [3.8, 4) is 0 Å². The molecule has 1 fully saturated rings. The van der Waals surface area contributed by atoms with Gasteiger partial charge in [-0.3, -0.25) is 4.79 Å². The van der Waals surface area contributed by atoms with Gasteiger partial charge in [-0.1, -0.05) is 0 Å². The molecule has 16 heavy (non-hydrogen) atoms. The number of carbonyl (C=O) groups is 1. The number of nitrogens with zero attached hydrogens (tertiary/aromatic N) is 1. The van der Waals surface area contributed by atoms with Crippen LogP contribution < -0.4 is 11.5 Å². The van der Waals surface area contributed by atoms with E-state index in [0.29, 0.717) is 43.2 Å². The first-order valence-electron chi connectivity index (χ1n) is 5.20. The van der Waals surface area contributed by atoms with Gasteiger partial charge in [0.15, 0.2) is 0 Å². The number of benzene rings is 1. The fraction of sp³-hybridized carbons (Fsp3) is 0.364. The number of ether oxygens (including phenoxy) is 1. The SMILES string of the molecule is Nc1cc(N)cc(C(=O)N2CCOCC2)c1. The van der Waals surface area contributed by atoms with Crippen LogP contribution in [0, 0.1) is 0 Å². The van der Waals surface area contributed by atoms with E-state index in [1.54, 1.807) is 23.1 Å². The van der Waals surface area contributed by atoms with Crippen LogP contribution in [-0.2, 0) is 4.74 Å². The zero-order valence-electron chi connectivity index (χ0n) is 8.98. The smallest absolute Gasteiger partial charge is 0.254 e. The summed E-state index contributed by atoms with van der Waals surface area (Å²) in [6, 6.07) is 4.93. The molecule has 5 nitrogen and oxygen atoms in total. The summed E-state index contributed by atoms with van der Waals surface area (Å²) < 4.78 is 5.19. The van der Waals surface area contributed by atoms with Gasteiger partial charge in [0.2, 0.25) is 0 Å². The molecule has 86 valence electrons. The molecule has 1 aliphatic heterocycles. The molecular formula is C11H15N3O2. The zero-order chi connectivity index (χ0) is 11.5. The van der Waals surface area contributed by atoms with E-state index >= 15 is 0 Å². The Hall–Kier alpha value is -1.75. The standard InChI is InChI=1S/C11H15N3O2/c12-9-5-8(6-10(13)7-9)11(15)14-1-3-16-4-2-14/h5-7H,1-4,12-13H2. The van der Waals surface area contributed by atoms with Crippen molar-refractivity contribution in [1.82, 2.24) is 4.90 Å². The van der Waals surface area contributed by atoms with Crippen LogP contribution in [0.1, 0.15) is 10.4 Å². The first kappa shape index (κ1) is 10.8. The van der Waals surface area contributed by atoms with Crippen molar-refractivity contribution in [2.45, 2.75) is 0 Å². The fourth-order valence-corrected chi connectivity index (χ4v) is 1.75. The highest BCUT2D eigenvalue weighted by Crippen LogP contribution is 2.16. The lowest BCUT2D eigenvalue weighted by molar-refractivity contribution is 0.0303. The Balaban J connectivity index is 2.19. The Morgan fingerprint density at radius 2 is 1.69 bits per heavy atom. The van der Waals surface area contributed by atoms with Crippen LogP contribution in [0.15, 0.2) is 18.2 Å². The molecule has 1 aromatic rings. The molecule has 1 aliphatic rings. The fourth-order valence-electron chi connectivity index (χ4n) is 1.75. The van der Waals surface area contributed by atoms with E-state index in [4.69, 9.17) is 16.2 Å². The number of nitrogen functional groups attached to an aromatic ring is 2. The van der Waals surface area contributed by atoms with Crippen LogP contribution in [0.5, 0.6) is 0 Å². The van der Waals surface area contributed by atoms with E-state index in [1.165, 1.54) is 0 Å². The molecule has 0 unspecified atom stereocenters. The minimum absolute atomic E-state index is 0.0395. The van der Waals surface area contributed by atoms with Crippen molar-refractivity contribution < 1.29 is 9.53 Å². The average Bonchev–Trinajstić information content (AvgIpc) is 2.28. The van der Waals surface area contributed by atoms with Crippen LogP contribution in [0.4, 0.5) is 11.4 Å². The van der Waals surface area contributed by atoms with Crippen molar-refractivity contribution in [2.75, 3.05) is 37.8 Å². The minimum Gasteiger partial charge on any atom is -0.399 e. The third kappa shape index (κ3) is 2.25. The van der Waals surface area contributed by atoms with Gasteiger partial charge in [-0.25, -0.2) is 0 Å². The maximum Gasteiger partial charge on any atom is 0.254 e. The second-order valence-corrected chi connectivity index (χ2v) is 3.79. The lowest BCUT2D eigenvalue weighted by Crippen LogP contribution is -2.40. The molecule has 1 aromatic carbocycles. The number of hydrogen-bond acceptors (Lipinski definition) is 4. The van der Waals surface area contributed by atoms with Crippen molar-refractivity contribution in [3.63, 3.8) is 0 Å². The Bertz CT molecular complexity index is 380. The van der Waals surface area contributed by atoms with E-state index in [9.17, 15) is 4.79 Å². The van der Waals surface area contributed by atoms with E-state index in [0.717, 1.165) is 0 Å². The van der Waals surface area contributed by atoms with Gasteiger partial charge >= 0.3 is 0 Å². The van der Waals surface area contributed by atoms with Gasteiger partial charge in [-0.05, 0) is 18.2 Å². The second-order valence-electron chi connectivity index (χ2n) is 3.79. The number of anilines is 2. The molecule has 0 bridgehead atoms. The molecule has 1 saturated heterocycles. The average molecular weight is 221 g/mol. The first-order valence-corrected chi connectivity index (χ1v) is 5.20. The van der Waals surface area contributed by atoms with Crippen molar-refractivity contribution >= 4 is 17.3 Å². The third-order valence-corrected chi connectivity index (χ3v) is 2.52. The Kier molecular flexibility index (Phi) is 2.96. The van der Waals surface area contributed by atoms with Crippen LogP contribution in [-0.4, -0.2) is 37.1 Å². The van der Waals surface area contributed by atoms with E-state index in [-0.39, 0.29) is 5.91 Å². The monoisotopic (exact) mass is 221 g/mol.